The SMILES string of the molecule is CC(=O)[CH-]C(C)=O.CC1(C)c2ccccc2-c2ccc(-c3nccc4ccccc34)cc21.[Ir]. The van der Waals surface area contributed by atoms with E-state index in [0.717, 1.165) is 12.1 Å². The van der Waals surface area contributed by atoms with Gasteiger partial charge in [0.2, 0.25) is 0 Å². The zero-order valence-corrected chi connectivity index (χ0v) is 21.6. The van der Waals surface area contributed by atoms with Crippen molar-refractivity contribution in [1.82, 2.24) is 4.98 Å². The Hall–Kier alpha value is -3.07. The topological polar surface area (TPSA) is 47.0 Å². The Morgan fingerprint density at radius 3 is 2.12 bits per heavy atom. The molecular weight excluding hydrogens is 587 g/mol. The van der Waals surface area contributed by atoms with Crippen LogP contribution in [-0.4, -0.2) is 16.6 Å². The number of ketones is 2. The van der Waals surface area contributed by atoms with Crippen molar-refractivity contribution < 1.29 is 29.7 Å². The Bertz CT molecular complexity index is 1320. The van der Waals surface area contributed by atoms with Gasteiger partial charge < -0.3 is 9.59 Å². The Balaban J connectivity index is 0.000000337. The monoisotopic (exact) mass is 613 g/mol. The van der Waals surface area contributed by atoms with Crippen LogP contribution in [0.25, 0.3) is 33.2 Å². The maximum atomic E-state index is 9.98. The van der Waals surface area contributed by atoms with Crippen LogP contribution in [0.5, 0.6) is 0 Å². The van der Waals surface area contributed by atoms with Gasteiger partial charge in [-0.15, -0.1) is 0 Å². The summed E-state index contributed by atoms with van der Waals surface area (Å²) < 4.78 is 0. The van der Waals surface area contributed by atoms with E-state index in [2.05, 4.69) is 86.6 Å². The molecule has 1 radical (unpaired) electrons. The smallest absolute Gasteiger partial charge is 0.0780 e. The second kappa shape index (κ2) is 9.82. The Kier molecular flexibility index (Phi) is 7.31. The van der Waals surface area contributed by atoms with Gasteiger partial charge in [-0.1, -0.05) is 74.5 Å². The molecule has 5 rings (SSSR count). The number of fused-ring (bicyclic) bond motifs is 4. The van der Waals surface area contributed by atoms with Gasteiger partial charge in [-0.25, -0.2) is 0 Å². The number of nitrogens with zero attached hydrogens (tertiary/aromatic N) is 1. The van der Waals surface area contributed by atoms with Crippen LogP contribution in [0.1, 0.15) is 38.8 Å². The van der Waals surface area contributed by atoms with E-state index in [1.165, 1.54) is 52.4 Å². The van der Waals surface area contributed by atoms with Crippen molar-refractivity contribution in [3.63, 3.8) is 0 Å². The summed E-state index contributed by atoms with van der Waals surface area (Å²) in [5.74, 6) is -0.375. The minimum atomic E-state index is -0.187. The van der Waals surface area contributed by atoms with Crippen molar-refractivity contribution in [2.75, 3.05) is 0 Å². The van der Waals surface area contributed by atoms with E-state index in [4.69, 9.17) is 4.98 Å². The predicted octanol–water partition coefficient (Wildman–Crippen LogP) is 6.57. The molecule has 0 fully saturated rings. The van der Waals surface area contributed by atoms with Crippen LogP contribution in [0, 0.1) is 6.42 Å². The summed E-state index contributed by atoms with van der Waals surface area (Å²) in [6.45, 7) is 7.33. The second-order valence-corrected chi connectivity index (χ2v) is 8.68. The third-order valence-corrected chi connectivity index (χ3v) is 5.94. The van der Waals surface area contributed by atoms with Gasteiger partial charge >= 0.3 is 0 Å². The van der Waals surface area contributed by atoms with Crippen molar-refractivity contribution in [3.05, 3.63) is 96.5 Å². The maximum absolute atomic E-state index is 9.98. The molecule has 1 aliphatic rings. The zero-order valence-electron chi connectivity index (χ0n) is 19.2. The number of carbonyl (C=O) groups is 2. The van der Waals surface area contributed by atoms with E-state index in [1.807, 2.05) is 6.20 Å². The molecule has 4 aromatic rings. The summed E-state index contributed by atoms with van der Waals surface area (Å²) in [4.78, 5) is 24.7. The molecule has 1 heterocycles. The molecule has 4 heteroatoms. The Morgan fingerprint density at radius 2 is 1.42 bits per heavy atom. The van der Waals surface area contributed by atoms with Crippen molar-refractivity contribution in [3.8, 4) is 22.4 Å². The van der Waals surface area contributed by atoms with Crippen molar-refractivity contribution >= 4 is 22.3 Å². The summed E-state index contributed by atoms with van der Waals surface area (Å²) in [5, 5.41) is 2.44. The summed E-state index contributed by atoms with van der Waals surface area (Å²) in [6.07, 6.45) is 2.96. The van der Waals surface area contributed by atoms with Gasteiger partial charge in [0, 0.05) is 54.2 Å². The summed E-state index contributed by atoms with van der Waals surface area (Å²) in [7, 11) is 0. The van der Waals surface area contributed by atoms with Crippen LogP contribution in [0.3, 0.4) is 0 Å². The third-order valence-electron chi connectivity index (χ3n) is 5.94. The van der Waals surface area contributed by atoms with E-state index in [-0.39, 0.29) is 37.1 Å². The van der Waals surface area contributed by atoms with E-state index in [0.29, 0.717) is 0 Å². The first-order chi connectivity index (χ1) is 15.3. The van der Waals surface area contributed by atoms with Crippen LogP contribution in [0.15, 0.2) is 79.0 Å². The van der Waals surface area contributed by atoms with E-state index in [9.17, 15) is 9.59 Å². The van der Waals surface area contributed by atoms with Gasteiger partial charge in [0.05, 0.1) is 5.69 Å². The number of aromatic nitrogens is 1. The van der Waals surface area contributed by atoms with Gasteiger partial charge in [-0.05, 0) is 53.6 Å². The molecule has 3 aromatic carbocycles. The van der Waals surface area contributed by atoms with Gasteiger partial charge in [0.1, 0.15) is 0 Å². The number of hydrogen-bond donors (Lipinski definition) is 0. The fourth-order valence-electron chi connectivity index (χ4n) is 4.49. The fraction of sp³-hybridized carbons (Fsp3) is 0.172. The number of benzene rings is 3. The normalized spacial score (nSPS) is 12.5. The molecule has 0 saturated heterocycles. The molecular formula is C29H26IrNO2-. The Morgan fingerprint density at radius 1 is 0.788 bits per heavy atom. The standard InChI is InChI=1S/C24H19N.C5H7O2.Ir/c1-24(2)21-10-6-5-9-19(21)20-12-11-17(15-22(20)24)23-18-8-4-3-7-16(18)13-14-25-23;1-4(6)3-5(2)7;/h3-15H,1-2H3;3H,1-2H3;/q;-1;. The summed E-state index contributed by atoms with van der Waals surface area (Å²) >= 11 is 0. The fourth-order valence-corrected chi connectivity index (χ4v) is 4.49. The average molecular weight is 613 g/mol. The largest absolute Gasteiger partial charge is 0.334 e. The first-order valence-electron chi connectivity index (χ1n) is 10.7. The van der Waals surface area contributed by atoms with Crippen LogP contribution >= 0.6 is 0 Å². The van der Waals surface area contributed by atoms with E-state index < -0.39 is 0 Å². The molecule has 169 valence electrons. The molecule has 3 nitrogen and oxygen atoms in total. The summed E-state index contributed by atoms with van der Waals surface area (Å²) in [5.41, 5.74) is 7.79. The molecule has 0 unspecified atom stereocenters. The number of rotatable bonds is 3. The van der Waals surface area contributed by atoms with Gasteiger partial charge in [0.15, 0.2) is 0 Å². The zero-order chi connectivity index (χ0) is 22.9. The van der Waals surface area contributed by atoms with Gasteiger partial charge in [-0.3, -0.25) is 11.4 Å². The molecule has 0 spiro atoms. The first kappa shape index (κ1) is 24.6. The van der Waals surface area contributed by atoms with Crippen molar-refractivity contribution in [1.29, 1.82) is 0 Å². The number of hydrogen-bond acceptors (Lipinski definition) is 3. The van der Waals surface area contributed by atoms with Crippen molar-refractivity contribution in [2.24, 2.45) is 0 Å². The van der Waals surface area contributed by atoms with Crippen molar-refractivity contribution in [2.45, 2.75) is 33.1 Å². The molecule has 0 N–H and O–H groups in total. The van der Waals surface area contributed by atoms with Crippen LogP contribution in [0.4, 0.5) is 0 Å². The first-order valence-corrected chi connectivity index (χ1v) is 10.7. The van der Waals surface area contributed by atoms with Gasteiger partial charge in [0.25, 0.3) is 0 Å². The second-order valence-electron chi connectivity index (χ2n) is 8.68. The van der Waals surface area contributed by atoms with Crippen LogP contribution in [-0.2, 0) is 35.1 Å². The molecule has 0 atom stereocenters. The van der Waals surface area contributed by atoms with Crippen LogP contribution in [0.2, 0.25) is 0 Å². The third kappa shape index (κ3) is 4.83. The minimum absolute atomic E-state index is 0. The molecule has 33 heavy (non-hydrogen) atoms. The number of Topliss-reactive ketones (excluding diaryl/α,β-unsaturated/α-hetero) is 2. The quantitative estimate of drug-likeness (QED) is 0.194. The molecule has 0 amide bonds. The molecule has 1 aromatic heterocycles. The molecule has 1 aliphatic carbocycles. The maximum Gasteiger partial charge on any atom is 0.0780 e. The minimum Gasteiger partial charge on any atom is -0.334 e. The van der Waals surface area contributed by atoms with Crippen LogP contribution < -0.4 is 0 Å². The van der Waals surface area contributed by atoms with E-state index in [1.54, 1.807) is 0 Å². The van der Waals surface area contributed by atoms with Gasteiger partial charge in [-0.2, -0.15) is 0 Å². The number of carbonyl (C=O) groups excluding carboxylic acids is 2. The van der Waals surface area contributed by atoms with E-state index >= 15 is 0 Å². The molecule has 0 aliphatic heterocycles. The molecule has 0 bridgehead atoms. The summed E-state index contributed by atoms with van der Waals surface area (Å²) in [6, 6.07) is 26.1. The predicted molar refractivity (Wildman–Crippen MR) is 130 cm³/mol. The molecule has 0 saturated carbocycles. The Labute approximate surface area is 208 Å². The number of pyridine rings is 1. The average Bonchev–Trinajstić information content (AvgIpc) is 3.00.